The molecule has 0 aliphatic rings. The molecule has 1 atom stereocenters. The first-order chi connectivity index (χ1) is 8.88. The van der Waals surface area contributed by atoms with Crippen molar-refractivity contribution >= 4 is 23.5 Å². The number of halogens is 1. The van der Waals surface area contributed by atoms with Crippen LogP contribution >= 0.6 is 11.6 Å². The fourth-order valence-electron chi connectivity index (χ4n) is 1.59. The molecule has 1 amide bonds. The molecule has 1 aromatic rings. The van der Waals surface area contributed by atoms with Gasteiger partial charge < -0.3 is 10.4 Å². The van der Waals surface area contributed by atoms with E-state index in [-0.39, 0.29) is 18.2 Å². The summed E-state index contributed by atoms with van der Waals surface area (Å²) in [7, 11) is 0. The van der Waals surface area contributed by atoms with Crippen molar-refractivity contribution in [3.05, 3.63) is 29.0 Å². The maximum absolute atomic E-state index is 11.6. The lowest BCUT2D eigenvalue weighted by Crippen LogP contribution is -2.42. The molecule has 0 bridgehead atoms. The Morgan fingerprint density at radius 3 is 2.58 bits per heavy atom. The van der Waals surface area contributed by atoms with Gasteiger partial charge in [-0.1, -0.05) is 31.5 Å². The Hall–Kier alpha value is -1.62. The Balaban J connectivity index is 2.65. The monoisotopic (exact) mass is 284 g/mol. The number of nitrogens with zero attached hydrogens (tertiary/aromatic N) is 1. The van der Waals surface area contributed by atoms with Gasteiger partial charge in [-0.05, 0) is 17.5 Å². The van der Waals surface area contributed by atoms with E-state index in [9.17, 15) is 9.59 Å². The van der Waals surface area contributed by atoms with Crippen molar-refractivity contribution in [3.8, 4) is 0 Å². The molecule has 19 heavy (non-hydrogen) atoms. The second-order valence-corrected chi connectivity index (χ2v) is 5.14. The summed E-state index contributed by atoms with van der Waals surface area (Å²) in [6.45, 7) is 3.80. The first kappa shape index (κ1) is 15.4. The second kappa shape index (κ2) is 7.09. The smallest absolute Gasteiger partial charge is 0.326 e. The van der Waals surface area contributed by atoms with Crippen LogP contribution in [0.3, 0.4) is 0 Å². The van der Waals surface area contributed by atoms with Crippen molar-refractivity contribution < 1.29 is 14.7 Å². The molecule has 1 heterocycles. The number of hydrogen-bond donors (Lipinski definition) is 2. The van der Waals surface area contributed by atoms with Crippen molar-refractivity contribution in [2.75, 3.05) is 0 Å². The van der Waals surface area contributed by atoms with Crippen LogP contribution in [-0.4, -0.2) is 28.0 Å². The van der Waals surface area contributed by atoms with Crippen molar-refractivity contribution in [2.24, 2.45) is 5.92 Å². The summed E-state index contributed by atoms with van der Waals surface area (Å²) >= 11 is 5.66. The number of carbonyl (C=O) groups is 2. The first-order valence-corrected chi connectivity index (χ1v) is 6.39. The number of nitrogens with one attached hydrogen (secondary N) is 1. The van der Waals surface area contributed by atoms with Gasteiger partial charge >= 0.3 is 5.97 Å². The van der Waals surface area contributed by atoms with E-state index in [0.717, 1.165) is 0 Å². The van der Waals surface area contributed by atoms with Gasteiger partial charge in [0.1, 0.15) is 11.2 Å². The third-order valence-corrected chi connectivity index (χ3v) is 2.68. The summed E-state index contributed by atoms with van der Waals surface area (Å²) in [6, 6.07) is 2.33. The van der Waals surface area contributed by atoms with E-state index in [1.54, 1.807) is 12.1 Å². The summed E-state index contributed by atoms with van der Waals surface area (Å²) in [6.07, 6.45) is 2.00. The summed E-state index contributed by atoms with van der Waals surface area (Å²) in [4.78, 5) is 26.6. The quantitative estimate of drug-likeness (QED) is 0.782. The van der Waals surface area contributed by atoms with Crippen LogP contribution in [0.2, 0.25) is 5.15 Å². The van der Waals surface area contributed by atoms with Crippen LogP contribution in [0.25, 0.3) is 0 Å². The van der Waals surface area contributed by atoms with E-state index in [2.05, 4.69) is 10.3 Å². The van der Waals surface area contributed by atoms with Crippen molar-refractivity contribution in [1.29, 1.82) is 0 Å². The van der Waals surface area contributed by atoms with Crippen molar-refractivity contribution in [2.45, 2.75) is 32.7 Å². The Kier molecular flexibility index (Phi) is 5.76. The highest BCUT2D eigenvalue weighted by atomic mass is 35.5. The zero-order valence-corrected chi connectivity index (χ0v) is 11.6. The minimum Gasteiger partial charge on any atom is -0.480 e. The maximum atomic E-state index is 11.6. The number of rotatable bonds is 6. The second-order valence-electron chi connectivity index (χ2n) is 4.75. The number of carbonyl (C=O) groups excluding carboxylic acids is 1. The molecule has 1 rings (SSSR count). The maximum Gasteiger partial charge on any atom is 0.326 e. The molecule has 0 aliphatic carbocycles. The zero-order valence-electron chi connectivity index (χ0n) is 10.9. The Bertz CT molecular complexity index is 446. The van der Waals surface area contributed by atoms with Crippen molar-refractivity contribution in [3.63, 3.8) is 0 Å². The zero-order chi connectivity index (χ0) is 14.4. The van der Waals surface area contributed by atoms with E-state index < -0.39 is 12.0 Å². The number of hydrogen-bond acceptors (Lipinski definition) is 3. The minimum atomic E-state index is -1.06. The lowest BCUT2D eigenvalue weighted by atomic mass is 10.1. The number of pyridine rings is 1. The van der Waals surface area contributed by atoms with Crippen LogP contribution in [-0.2, 0) is 16.0 Å². The molecule has 0 aliphatic heterocycles. The van der Waals surface area contributed by atoms with E-state index in [1.807, 2.05) is 13.8 Å². The van der Waals surface area contributed by atoms with Crippen molar-refractivity contribution in [1.82, 2.24) is 10.3 Å². The molecule has 1 aromatic heterocycles. The van der Waals surface area contributed by atoms with Gasteiger partial charge in [-0.25, -0.2) is 9.78 Å². The van der Waals surface area contributed by atoms with E-state index in [4.69, 9.17) is 16.7 Å². The van der Waals surface area contributed by atoms with Crippen LogP contribution in [0.4, 0.5) is 0 Å². The highest BCUT2D eigenvalue weighted by molar-refractivity contribution is 6.29. The molecule has 0 fully saturated rings. The van der Waals surface area contributed by atoms with Gasteiger partial charge in [0.25, 0.3) is 0 Å². The first-order valence-electron chi connectivity index (χ1n) is 6.01. The fraction of sp³-hybridized carbons (Fsp3) is 0.462. The normalized spacial score (nSPS) is 12.2. The number of carboxylic acid groups (broad SMARTS) is 1. The minimum absolute atomic E-state index is 0.184. The van der Waals surface area contributed by atoms with E-state index in [1.165, 1.54) is 6.20 Å². The van der Waals surface area contributed by atoms with Gasteiger partial charge in [-0.15, -0.1) is 0 Å². The average molecular weight is 285 g/mol. The van der Waals surface area contributed by atoms with Crippen LogP contribution in [0.1, 0.15) is 25.8 Å². The molecular formula is C13H17ClN2O3. The lowest BCUT2D eigenvalue weighted by Gasteiger charge is -2.15. The molecule has 5 nitrogen and oxygen atoms in total. The molecule has 0 spiro atoms. The Morgan fingerprint density at radius 1 is 1.42 bits per heavy atom. The molecule has 2 N–H and O–H groups in total. The van der Waals surface area contributed by atoms with Crippen LogP contribution < -0.4 is 5.32 Å². The number of aromatic nitrogens is 1. The highest BCUT2D eigenvalue weighted by Gasteiger charge is 2.20. The number of aliphatic carboxylic acids is 1. The SMILES string of the molecule is CC(C)CC(=O)N[C@@H](Cc1ccc(Cl)nc1)C(=O)O. The number of carboxylic acids is 1. The van der Waals surface area contributed by atoms with Crippen LogP contribution in [0, 0.1) is 5.92 Å². The topological polar surface area (TPSA) is 79.3 Å². The van der Waals surface area contributed by atoms with Gasteiger partial charge in [0.15, 0.2) is 0 Å². The number of amides is 1. The summed E-state index contributed by atoms with van der Waals surface area (Å²) < 4.78 is 0. The summed E-state index contributed by atoms with van der Waals surface area (Å²) in [5.74, 6) is -1.14. The molecule has 104 valence electrons. The molecule has 6 heteroatoms. The predicted octanol–water partition coefficient (Wildman–Crippen LogP) is 1.89. The molecule has 0 radical (unpaired) electrons. The highest BCUT2D eigenvalue weighted by Crippen LogP contribution is 2.08. The van der Waals surface area contributed by atoms with Gasteiger partial charge in [0.2, 0.25) is 5.91 Å². The van der Waals surface area contributed by atoms with Crippen LogP contribution in [0.5, 0.6) is 0 Å². The summed E-state index contributed by atoms with van der Waals surface area (Å²) in [5.41, 5.74) is 0.710. The summed E-state index contributed by atoms with van der Waals surface area (Å²) in [5, 5.41) is 12.0. The Labute approximate surface area is 117 Å². The predicted molar refractivity (Wildman–Crippen MR) is 72.0 cm³/mol. The third kappa shape index (κ3) is 5.70. The van der Waals surface area contributed by atoms with E-state index in [0.29, 0.717) is 17.1 Å². The van der Waals surface area contributed by atoms with Crippen LogP contribution in [0.15, 0.2) is 18.3 Å². The van der Waals surface area contributed by atoms with Gasteiger partial charge in [0.05, 0.1) is 0 Å². The Morgan fingerprint density at radius 2 is 2.11 bits per heavy atom. The standard InChI is InChI=1S/C13H17ClN2O3/c1-8(2)5-12(17)16-10(13(18)19)6-9-3-4-11(14)15-7-9/h3-4,7-8,10H,5-6H2,1-2H3,(H,16,17)(H,18,19)/t10-/m0/s1. The average Bonchev–Trinajstić information content (AvgIpc) is 2.29. The molecule has 0 aromatic carbocycles. The molecule has 0 unspecified atom stereocenters. The van der Waals surface area contributed by atoms with Gasteiger partial charge in [-0.2, -0.15) is 0 Å². The molecule has 0 saturated heterocycles. The third-order valence-electron chi connectivity index (χ3n) is 2.46. The fourth-order valence-corrected chi connectivity index (χ4v) is 1.70. The lowest BCUT2D eigenvalue weighted by molar-refractivity contribution is -0.141. The van der Waals surface area contributed by atoms with Gasteiger partial charge in [0, 0.05) is 19.0 Å². The van der Waals surface area contributed by atoms with E-state index >= 15 is 0 Å². The van der Waals surface area contributed by atoms with Gasteiger partial charge in [-0.3, -0.25) is 4.79 Å². The largest absolute Gasteiger partial charge is 0.480 e. The molecular weight excluding hydrogens is 268 g/mol. The molecule has 0 saturated carbocycles.